The molecule has 104 valence electrons. The number of aliphatic hydroxyl groups is 1. The maximum absolute atomic E-state index is 10.8. The van der Waals surface area contributed by atoms with Gasteiger partial charge in [-0.15, -0.1) is 0 Å². The fourth-order valence-electron chi connectivity index (χ4n) is 1.72. The predicted molar refractivity (Wildman–Crippen MR) is 75.3 cm³/mol. The summed E-state index contributed by atoms with van der Waals surface area (Å²) < 4.78 is 5.60. The third kappa shape index (κ3) is 3.07. The highest BCUT2D eigenvalue weighted by Gasteiger charge is 2.14. The molecule has 0 aliphatic rings. The molecule has 0 heterocycles. The van der Waals surface area contributed by atoms with Gasteiger partial charge in [0.2, 0.25) is 0 Å². The molecule has 0 saturated heterocycles. The second-order valence-corrected chi connectivity index (χ2v) is 4.59. The van der Waals surface area contributed by atoms with Gasteiger partial charge in [-0.05, 0) is 19.1 Å². The number of nitro benzene ring substituents is 1. The molecule has 0 aromatic heterocycles. The molecule has 0 aliphatic heterocycles. The topological polar surface area (TPSA) is 72.6 Å². The van der Waals surface area contributed by atoms with E-state index in [0.717, 1.165) is 0 Å². The second kappa shape index (κ2) is 5.90. The maximum Gasteiger partial charge on any atom is 0.273 e. The van der Waals surface area contributed by atoms with Gasteiger partial charge in [0.05, 0.1) is 22.1 Å². The summed E-state index contributed by atoms with van der Waals surface area (Å²) in [5, 5.41) is 20.7. The molecular weight excluding hydrogens is 282 g/mol. The molecule has 0 aliphatic carbocycles. The van der Waals surface area contributed by atoms with E-state index in [2.05, 4.69) is 0 Å². The van der Waals surface area contributed by atoms with E-state index in [1.54, 1.807) is 31.2 Å². The molecule has 0 fully saturated rings. The van der Waals surface area contributed by atoms with Crippen LogP contribution in [0, 0.1) is 10.1 Å². The van der Waals surface area contributed by atoms with Crippen LogP contribution in [0.3, 0.4) is 0 Å². The summed E-state index contributed by atoms with van der Waals surface area (Å²) in [6.45, 7) is 1.61. The summed E-state index contributed by atoms with van der Waals surface area (Å²) in [4.78, 5) is 10.2. The number of rotatable bonds is 4. The van der Waals surface area contributed by atoms with E-state index in [1.165, 1.54) is 18.2 Å². The van der Waals surface area contributed by atoms with E-state index < -0.39 is 11.0 Å². The van der Waals surface area contributed by atoms with Crippen LogP contribution >= 0.6 is 11.6 Å². The van der Waals surface area contributed by atoms with Crippen LogP contribution in [0.1, 0.15) is 18.6 Å². The van der Waals surface area contributed by atoms with Gasteiger partial charge in [-0.3, -0.25) is 10.1 Å². The molecule has 1 N–H and O–H groups in total. The van der Waals surface area contributed by atoms with E-state index in [-0.39, 0.29) is 16.5 Å². The van der Waals surface area contributed by atoms with Crippen molar-refractivity contribution in [1.82, 2.24) is 0 Å². The Bertz CT molecular complexity index is 643. The molecule has 0 amide bonds. The summed E-state index contributed by atoms with van der Waals surface area (Å²) in [7, 11) is 0. The Morgan fingerprint density at radius 2 is 1.95 bits per heavy atom. The lowest BCUT2D eigenvalue weighted by Crippen LogP contribution is -1.96. The molecular formula is C14H12ClNO4. The minimum Gasteiger partial charge on any atom is -0.455 e. The van der Waals surface area contributed by atoms with Crippen molar-refractivity contribution in [2.75, 3.05) is 0 Å². The van der Waals surface area contributed by atoms with Crippen molar-refractivity contribution in [1.29, 1.82) is 0 Å². The van der Waals surface area contributed by atoms with Gasteiger partial charge < -0.3 is 9.84 Å². The van der Waals surface area contributed by atoms with Crippen LogP contribution in [-0.2, 0) is 0 Å². The Morgan fingerprint density at radius 3 is 2.60 bits per heavy atom. The molecule has 2 rings (SSSR count). The monoisotopic (exact) mass is 293 g/mol. The summed E-state index contributed by atoms with van der Waals surface area (Å²) in [5.41, 5.74) is 0.467. The number of aliphatic hydroxyl groups excluding tert-OH is 1. The van der Waals surface area contributed by atoms with Gasteiger partial charge >= 0.3 is 0 Å². The Kier molecular flexibility index (Phi) is 4.22. The Labute approximate surface area is 120 Å². The number of para-hydroxylation sites is 1. The molecule has 0 radical (unpaired) electrons. The zero-order chi connectivity index (χ0) is 14.7. The molecule has 0 saturated carbocycles. The lowest BCUT2D eigenvalue weighted by Gasteiger charge is -2.13. The summed E-state index contributed by atoms with van der Waals surface area (Å²) in [5.74, 6) is 0.582. The van der Waals surface area contributed by atoms with Crippen molar-refractivity contribution in [2.45, 2.75) is 13.0 Å². The molecule has 2 aromatic rings. The van der Waals surface area contributed by atoms with E-state index in [4.69, 9.17) is 16.3 Å². The minimum atomic E-state index is -0.719. The smallest absolute Gasteiger partial charge is 0.273 e. The highest BCUT2D eigenvalue weighted by Crippen LogP contribution is 2.35. The first kappa shape index (κ1) is 14.3. The average Bonchev–Trinajstić information content (AvgIpc) is 2.41. The molecule has 2 aromatic carbocycles. The highest BCUT2D eigenvalue weighted by atomic mass is 35.5. The number of ether oxygens (including phenoxy) is 1. The van der Waals surface area contributed by atoms with Crippen LogP contribution < -0.4 is 4.74 Å². The Balaban J connectivity index is 2.40. The molecule has 5 nitrogen and oxygen atoms in total. The van der Waals surface area contributed by atoms with Crippen molar-refractivity contribution in [3.8, 4) is 11.5 Å². The molecule has 1 atom stereocenters. The van der Waals surface area contributed by atoms with Gasteiger partial charge in [0.1, 0.15) is 5.75 Å². The van der Waals surface area contributed by atoms with Gasteiger partial charge in [-0.1, -0.05) is 29.8 Å². The van der Waals surface area contributed by atoms with Crippen molar-refractivity contribution in [2.24, 2.45) is 0 Å². The first-order valence-corrected chi connectivity index (χ1v) is 6.25. The molecule has 0 bridgehead atoms. The van der Waals surface area contributed by atoms with Crippen molar-refractivity contribution < 1.29 is 14.8 Å². The molecule has 20 heavy (non-hydrogen) atoms. The lowest BCUT2D eigenvalue weighted by atomic mass is 10.1. The average molecular weight is 294 g/mol. The number of nitro groups is 1. The number of hydrogen-bond acceptors (Lipinski definition) is 4. The van der Waals surface area contributed by atoms with Gasteiger partial charge in [0, 0.05) is 11.6 Å². The highest BCUT2D eigenvalue weighted by molar-refractivity contribution is 6.32. The van der Waals surface area contributed by atoms with Crippen LogP contribution in [0.25, 0.3) is 0 Å². The zero-order valence-electron chi connectivity index (χ0n) is 10.6. The van der Waals surface area contributed by atoms with Crippen LogP contribution in [0.5, 0.6) is 11.5 Å². The normalized spacial score (nSPS) is 11.9. The largest absolute Gasteiger partial charge is 0.455 e. The number of hydrogen-bond donors (Lipinski definition) is 1. The Morgan fingerprint density at radius 1 is 1.25 bits per heavy atom. The van der Waals surface area contributed by atoms with E-state index in [9.17, 15) is 15.2 Å². The van der Waals surface area contributed by atoms with Crippen LogP contribution in [0.2, 0.25) is 5.02 Å². The fraction of sp³-hybridized carbons (Fsp3) is 0.143. The first-order chi connectivity index (χ1) is 9.49. The second-order valence-electron chi connectivity index (χ2n) is 4.19. The Hall–Kier alpha value is -2.11. The van der Waals surface area contributed by atoms with Crippen LogP contribution in [0.4, 0.5) is 5.69 Å². The third-order valence-corrected chi connectivity index (χ3v) is 3.03. The third-order valence-electron chi connectivity index (χ3n) is 2.71. The van der Waals surface area contributed by atoms with E-state index in [0.29, 0.717) is 11.3 Å². The number of halogens is 1. The van der Waals surface area contributed by atoms with Crippen molar-refractivity contribution in [3.63, 3.8) is 0 Å². The van der Waals surface area contributed by atoms with Gasteiger partial charge in [0.15, 0.2) is 5.75 Å². The fourth-order valence-corrected chi connectivity index (χ4v) is 1.88. The number of nitrogens with zero attached hydrogens (tertiary/aromatic N) is 1. The number of benzene rings is 2. The van der Waals surface area contributed by atoms with E-state index >= 15 is 0 Å². The minimum absolute atomic E-state index is 0.112. The molecule has 1 unspecified atom stereocenters. The molecule has 6 heteroatoms. The zero-order valence-corrected chi connectivity index (χ0v) is 11.4. The quantitative estimate of drug-likeness (QED) is 0.680. The van der Waals surface area contributed by atoms with Crippen LogP contribution in [-0.4, -0.2) is 10.0 Å². The van der Waals surface area contributed by atoms with Crippen molar-refractivity contribution >= 4 is 17.3 Å². The van der Waals surface area contributed by atoms with Gasteiger partial charge in [0.25, 0.3) is 5.69 Å². The van der Waals surface area contributed by atoms with Crippen LogP contribution in [0.15, 0.2) is 42.5 Å². The lowest BCUT2D eigenvalue weighted by molar-refractivity contribution is -0.384. The SMILES string of the molecule is CC(O)c1ccccc1Oc1cc([N+](=O)[O-])ccc1Cl. The van der Waals surface area contributed by atoms with Gasteiger partial charge in [-0.2, -0.15) is 0 Å². The van der Waals surface area contributed by atoms with Gasteiger partial charge in [-0.25, -0.2) is 0 Å². The van der Waals surface area contributed by atoms with Crippen molar-refractivity contribution in [3.05, 3.63) is 63.2 Å². The standard InChI is InChI=1S/C14H12ClNO4/c1-9(17)11-4-2-3-5-13(11)20-14-8-10(16(18)19)6-7-12(14)15/h2-9,17H,1H3. The predicted octanol–water partition coefficient (Wildman–Crippen LogP) is 4.09. The summed E-state index contributed by atoms with van der Waals surface area (Å²) >= 11 is 5.97. The maximum atomic E-state index is 10.8. The number of non-ortho nitro benzene ring substituents is 1. The molecule has 0 spiro atoms. The summed E-state index contributed by atoms with van der Waals surface area (Å²) in [6.07, 6.45) is -0.719. The summed E-state index contributed by atoms with van der Waals surface area (Å²) in [6, 6.07) is 10.8. The van der Waals surface area contributed by atoms with E-state index in [1.807, 2.05) is 0 Å². The first-order valence-electron chi connectivity index (χ1n) is 5.88.